The van der Waals surface area contributed by atoms with Crippen molar-refractivity contribution in [1.82, 2.24) is 0 Å². The molecule has 0 aromatic carbocycles. The van der Waals surface area contributed by atoms with Crippen molar-refractivity contribution in [3.8, 4) is 0 Å². The molecule has 1 aliphatic rings. The van der Waals surface area contributed by atoms with Crippen LogP contribution in [0.3, 0.4) is 0 Å². The van der Waals surface area contributed by atoms with E-state index in [-0.39, 0.29) is 0 Å². The van der Waals surface area contributed by atoms with Crippen LogP contribution in [0.5, 0.6) is 0 Å². The lowest BCUT2D eigenvalue weighted by atomic mass is 9.97. The van der Waals surface area contributed by atoms with Gasteiger partial charge in [0, 0.05) is 0 Å². The van der Waals surface area contributed by atoms with Crippen molar-refractivity contribution in [1.29, 1.82) is 0 Å². The fourth-order valence-corrected chi connectivity index (χ4v) is 2.27. The quantitative estimate of drug-likeness (QED) is 0.463. The highest BCUT2D eigenvalue weighted by Crippen LogP contribution is 2.20. The van der Waals surface area contributed by atoms with Crippen molar-refractivity contribution in [2.24, 2.45) is 0 Å². The van der Waals surface area contributed by atoms with Gasteiger partial charge in [-0.2, -0.15) is 0 Å². The summed E-state index contributed by atoms with van der Waals surface area (Å²) in [6, 6.07) is 0. The standard InChI is InChI=1S/C14H26/c1-13-11-9-7-5-3-4-6-8-10-12-14(13)2/h3-12H2,1-2H3/b14-13+. The summed E-state index contributed by atoms with van der Waals surface area (Å²) < 4.78 is 0. The Balaban J connectivity index is 2.37. The van der Waals surface area contributed by atoms with Crippen LogP contribution in [0.15, 0.2) is 11.1 Å². The van der Waals surface area contributed by atoms with Gasteiger partial charge in [0.25, 0.3) is 0 Å². The van der Waals surface area contributed by atoms with Gasteiger partial charge in [-0.1, -0.05) is 49.7 Å². The van der Waals surface area contributed by atoms with E-state index < -0.39 is 0 Å². The molecule has 0 radical (unpaired) electrons. The lowest BCUT2D eigenvalue weighted by Gasteiger charge is -2.10. The number of allylic oxidation sites excluding steroid dienone is 2. The minimum absolute atomic E-state index is 1.35. The molecule has 0 bridgehead atoms. The molecular weight excluding hydrogens is 168 g/mol. The van der Waals surface area contributed by atoms with E-state index in [4.69, 9.17) is 0 Å². The van der Waals surface area contributed by atoms with E-state index in [1.165, 1.54) is 64.2 Å². The molecule has 0 fully saturated rings. The molecule has 0 aliphatic heterocycles. The zero-order valence-corrected chi connectivity index (χ0v) is 10.1. The molecule has 0 nitrogen and oxygen atoms in total. The SMILES string of the molecule is C/C1=C(/C)CCCCCCCCCC1. The van der Waals surface area contributed by atoms with E-state index in [0.29, 0.717) is 0 Å². The summed E-state index contributed by atoms with van der Waals surface area (Å²) in [5.74, 6) is 0. The second kappa shape index (κ2) is 7.09. The lowest BCUT2D eigenvalue weighted by molar-refractivity contribution is 0.558. The summed E-state index contributed by atoms with van der Waals surface area (Å²) in [7, 11) is 0. The number of rotatable bonds is 0. The summed E-state index contributed by atoms with van der Waals surface area (Å²) >= 11 is 0. The van der Waals surface area contributed by atoms with Gasteiger partial charge in [0.05, 0.1) is 0 Å². The first kappa shape index (κ1) is 11.8. The molecule has 0 atom stereocenters. The van der Waals surface area contributed by atoms with Crippen molar-refractivity contribution in [3.63, 3.8) is 0 Å². The topological polar surface area (TPSA) is 0 Å². The zero-order valence-electron chi connectivity index (χ0n) is 10.1. The van der Waals surface area contributed by atoms with Gasteiger partial charge in [-0.25, -0.2) is 0 Å². The van der Waals surface area contributed by atoms with E-state index in [9.17, 15) is 0 Å². The van der Waals surface area contributed by atoms with Crippen molar-refractivity contribution < 1.29 is 0 Å². The van der Waals surface area contributed by atoms with Gasteiger partial charge in [0.15, 0.2) is 0 Å². The van der Waals surface area contributed by atoms with Crippen LogP contribution < -0.4 is 0 Å². The fraction of sp³-hybridized carbons (Fsp3) is 0.857. The summed E-state index contributed by atoms with van der Waals surface area (Å²) in [6.45, 7) is 4.67. The molecule has 1 rings (SSSR count). The molecule has 0 amide bonds. The number of hydrogen-bond acceptors (Lipinski definition) is 0. The van der Waals surface area contributed by atoms with Crippen LogP contribution >= 0.6 is 0 Å². The molecule has 0 saturated carbocycles. The average Bonchev–Trinajstić information content (AvgIpc) is 2.18. The minimum atomic E-state index is 1.35. The van der Waals surface area contributed by atoms with Crippen LogP contribution in [-0.4, -0.2) is 0 Å². The molecular formula is C14H26. The monoisotopic (exact) mass is 194 g/mol. The van der Waals surface area contributed by atoms with E-state index in [0.717, 1.165) is 0 Å². The van der Waals surface area contributed by atoms with Crippen LogP contribution in [0.2, 0.25) is 0 Å². The molecule has 0 aromatic heterocycles. The maximum atomic E-state index is 2.33. The Morgan fingerprint density at radius 3 is 1.14 bits per heavy atom. The van der Waals surface area contributed by atoms with Crippen molar-refractivity contribution >= 4 is 0 Å². The predicted molar refractivity (Wildman–Crippen MR) is 64.5 cm³/mol. The van der Waals surface area contributed by atoms with Gasteiger partial charge in [0.1, 0.15) is 0 Å². The molecule has 0 unspecified atom stereocenters. The average molecular weight is 194 g/mol. The molecule has 1 aliphatic carbocycles. The Morgan fingerprint density at radius 1 is 0.500 bits per heavy atom. The van der Waals surface area contributed by atoms with E-state index in [2.05, 4.69) is 13.8 Å². The van der Waals surface area contributed by atoms with Crippen molar-refractivity contribution in [3.05, 3.63) is 11.1 Å². The number of hydrogen-bond donors (Lipinski definition) is 0. The van der Waals surface area contributed by atoms with Crippen LogP contribution in [0.25, 0.3) is 0 Å². The van der Waals surface area contributed by atoms with Gasteiger partial charge < -0.3 is 0 Å². The van der Waals surface area contributed by atoms with Gasteiger partial charge >= 0.3 is 0 Å². The fourth-order valence-electron chi connectivity index (χ4n) is 2.27. The summed E-state index contributed by atoms with van der Waals surface area (Å²) in [5.41, 5.74) is 3.34. The highest BCUT2D eigenvalue weighted by Gasteiger charge is 2.00. The Kier molecular flexibility index (Phi) is 5.98. The molecule has 0 spiro atoms. The lowest BCUT2D eigenvalue weighted by Crippen LogP contribution is -1.90. The molecule has 0 heteroatoms. The van der Waals surface area contributed by atoms with E-state index >= 15 is 0 Å². The summed E-state index contributed by atoms with van der Waals surface area (Å²) in [5, 5.41) is 0. The first-order valence-electron chi connectivity index (χ1n) is 6.46. The molecule has 0 N–H and O–H groups in total. The van der Waals surface area contributed by atoms with E-state index in [1.807, 2.05) is 0 Å². The van der Waals surface area contributed by atoms with Crippen molar-refractivity contribution in [2.75, 3.05) is 0 Å². The Morgan fingerprint density at radius 2 is 0.786 bits per heavy atom. The molecule has 14 heavy (non-hydrogen) atoms. The first-order valence-corrected chi connectivity index (χ1v) is 6.46. The summed E-state index contributed by atoms with van der Waals surface area (Å²) in [6.07, 6.45) is 14.3. The zero-order chi connectivity index (χ0) is 10.2. The second-order valence-electron chi connectivity index (χ2n) is 4.89. The third-order valence-electron chi connectivity index (χ3n) is 3.58. The second-order valence-corrected chi connectivity index (χ2v) is 4.89. The van der Waals surface area contributed by atoms with Gasteiger partial charge in [-0.3, -0.25) is 0 Å². The Labute approximate surface area is 89.8 Å². The predicted octanol–water partition coefficient (Wildman–Crippen LogP) is 5.24. The van der Waals surface area contributed by atoms with Crippen molar-refractivity contribution in [2.45, 2.75) is 78.1 Å². The maximum Gasteiger partial charge on any atom is -0.0320 e. The van der Waals surface area contributed by atoms with Crippen LogP contribution in [0, 0.1) is 0 Å². The van der Waals surface area contributed by atoms with Gasteiger partial charge in [-0.15, -0.1) is 0 Å². The van der Waals surface area contributed by atoms with Crippen LogP contribution in [0.1, 0.15) is 78.1 Å². The smallest absolute Gasteiger partial charge is 0.0320 e. The maximum absolute atomic E-state index is 2.33. The summed E-state index contributed by atoms with van der Waals surface area (Å²) in [4.78, 5) is 0. The highest BCUT2D eigenvalue weighted by molar-refractivity contribution is 5.09. The highest BCUT2D eigenvalue weighted by atomic mass is 14.1. The third kappa shape index (κ3) is 4.83. The Hall–Kier alpha value is -0.260. The minimum Gasteiger partial charge on any atom is -0.0744 e. The molecule has 0 heterocycles. The van der Waals surface area contributed by atoms with E-state index in [1.54, 1.807) is 11.1 Å². The van der Waals surface area contributed by atoms with Gasteiger partial charge in [-0.05, 0) is 39.5 Å². The molecule has 0 aromatic rings. The largest absolute Gasteiger partial charge is 0.0744 e. The molecule has 0 saturated heterocycles. The third-order valence-corrected chi connectivity index (χ3v) is 3.58. The van der Waals surface area contributed by atoms with Gasteiger partial charge in [0.2, 0.25) is 0 Å². The molecule has 82 valence electrons. The van der Waals surface area contributed by atoms with Crippen LogP contribution in [-0.2, 0) is 0 Å². The normalized spacial score (nSPS) is 27.9. The Bertz CT molecular complexity index is 156. The first-order chi connectivity index (χ1) is 6.80. The van der Waals surface area contributed by atoms with Crippen LogP contribution in [0.4, 0.5) is 0 Å².